The molecule has 0 radical (unpaired) electrons. The number of benzene rings is 3. The van der Waals surface area contributed by atoms with E-state index < -0.39 is 0 Å². The Morgan fingerprint density at radius 3 is 2.33 bits per heavy atom. The summed E-state index contributed by atoms with van der Waals surface area (Å²) in [5.74, 6) is 0.350. The van der Waals surface area contributed by atoms with Crippen LogP contribution in [0.2, 0.25) is 5.02 Å². The fraction of sp³-hybridized carbons (Fsp3) is 0.0909. The highest BCUT2D eigenvalue weighted by Gasteiger charge is 2.18. The van der Waals surface area contributed by atoms with Gasteiger partial charge >= 0.3 is 0 Å². The third-order valence-electron chi connectivity index (χ3n) is 4.48. The summed E-state index contributed by atoms with van der Waals surface area (Å²) in [5, 5.41) is 8.87. The summed E-state index contributed by atoms with van der Waals surface area (Å²) < 4.78 is 20.4. The zero-order valence-corrected chi connectivity index (χ0v) is 15.3. The molecule has 0 fully saturated rings. The lowest BCUT2D eigenvalue weighted by Crippen LogP contribution is -1.98. The standard InChI is InChI=1S/C22H16ClFN2O/c1-14(21-25-26-22(27-21)16-7-10-18(23)11-8-16)17-9-12-19(20(24)13-17)15-5-3-2-4-6-15/h2-14H,1H3. The molecule has 27 heavy (non-hydrogen) atoms. The molecule has 0 N–H and O–H groups in total. The maximum absolute atomic E-state index is 14.6. The molecule has 0 aliphatic rings. The van der Waals surface area contributed by atoms with E-state index in [2.05, 4.69) is 10.2 Å². The number of aromatic nitrogens is 2. The van der Waals surface area contributed by atoms with Gasteiger partial charge in [-0.15, -0.1) is 10.2 Å². The van der Waals surface area contributed by atoms with E-state index in [0.717, 1.165) is 16.7 Å². The van der Waals surface area contributed by atoms with E-state index in [1.54, 1.807) is 18.2 Å². The molecule has 3 aromatic carbocycles. The molecule has 3 nitrogen and oxygen atoms in total. The van der Waals surface area contributed by atoms with Crippen LogP contribution in [-0.2, 0) is 0 Å². The van der Waals surface area contributed by atoms with Crippen molar-refractivity contribution >= 4 is 11.6 Å². The Morgan fingerprint density at radius 2 is 1.63 bits per heavy atom. The zero-order valence-electron chi connectivity index (χ0n) is 14.6. The number of halogens is 2. The number of hydrogen-bond acceptors (Lipinski definition) is 3. The van der Waals surface area contributed by atoms with Gasteiger partial charge in [-0.3, -0.25) is 0 Å². The number of nitrogens with zero attached hydrogens (tertiary/aromatic N) is 2. The SMILES string of the molecule is CC(c1ccc(-c2ccccc2)c(F)c1)c1nnc(-c2ccc(Cl)cc2)o1. The van der Waals surface area contributed by atoms with Crippen molar-refractivity contribution < 1.29 is 8.81 Å². The van der Waals surface area contributed by atoms with E-state index >= 15 is 0 Å². The van der Waals surface area contributed by atoms with E-state index in [9.17, 15) is 4.39 Å². The van der Waals surface area contributed by atoms with Gasteiger partial charge in [-0.1, -0.05) is 54.1 Å². The largest absolute Gasteiger partial charge is 0.420 e. The molecule has 0 bridgehead atoms. The first kappa shape index (κ1) is 17.4. The Kier molecular flexibility index (Phi) is 4.73. The van der Waals surface area contributed by atoms with Gasteiger partial charge in [0, 0.05) is 16.1 Å². The maximum Gasteiger partial charge on any atom is 0.247 e. The molecular weight excluding hydrogens is 363 g/mol. The molecule has 0 aliphatic heterocycles. The number of hydrogen-bond donors (Lipinski definition) is 0. The fourth-order valence-corrected chi connectivity index (χ4v) is 3.04. The molecule has 0 saturated carbocycles. The Labute approximate surface area is 161 Å². The van der Waals surface area contributed by atoms with Crippen molar-refractivity contribution in [1.82, 2.24) is 10.2 Å². The topological polar surface area (TPSA) is 38.9 Å². The molecule has 0 spiro atoms. The third-order valence-corrected chi connectivity index (χ3v) is 4.73. The van der Waals surface area contributed by atoms with E-state index in [4.69, 9.17) is 16.0 Å². The second-order valence-corrected chi connectivity index (χ2v) is 6.72. The molecule has 1 aromatic heterocycles. The van der Waals surface area contributed by atoms with Crippen LogP contribution in [0, 0.1) is 5.82 Å². The van der Waals surface area contributed by atoms with Gasteiger partial charge in [0.1, 0.15) is 5.82 Å². The quantitative estimate of drug-likeness (QED) is 0.415. The van der Waals surface area contributed by atoms with Crippen LogP contribution in [0.5, 0.6) is 0 Å². The molecule has 1 heterocycles. The predicted octanol–water partition coefficient (Wildman–Crippen LogP) is 6.35. The lowest BCUT2D eigenvalue weighted by molar-refractivity contribution is 0.489. The molecule has 4 rings (SSSR count). The first-order chi connectivity index (χ1) is 13.1. The molecular formula is C22H16ClFN2O. The fourth-order valence-electron chi connectivity index (χ4n) is 2.91. The lowest BCUT2D eigenvalue weighted by Gasteiger charge is -2.10. The monoisotopic (exact) mass is 378 g/mol. The highest BCUT2D eigenvalue weighted by Crippen LogP contribution is 2.30. The van der Waals surface area contributed by atoms with Gasteiger partial charge in [0.2, 0.25) is 11.8 Å². The van der Waals surface area contributed by atoms with Crippen LogP contribution in [0.25, 0.3) is 22.6 Å². The van der Waals surface area contributed by atoms with Crippen LogP contribution < -0.4 is 0 Å². The minimum Gasteiger partial charge on any atom is -0.420 e. The van der Waals surface area contributed by atoms with Crippen molar-refractivity contribution in [3.8, 4) is 22.6 Å². The summed E-state index contributed by atoms with van der Waals surface area (Å²) in [7, 11) is 0. The summed E-state index contributed by atoms with van der Waals surface area (Å²) in [6, 6.07) is 21.8. The normalized spacial score (nSPS) is 12.1. The van der Waals surface area contributed by atoms with E-state index in [1.807, 2.05) is 55.5 Å². The molecule has 5 heteroatoms. The molecule has 0 amide bonds. The van der Waals surface area contributed by atoms with Gasteiger partial charge in [-0.2, -0.15) is 0 Å². The molecule has 0 aliphatic carbocycles. The third kappa shape index (κ3) is 3.62. The molecule has 134 valence electrons. The van der Waals surface area contributed by atoms with Gasteiger partial charge in [0.15, 0.2) is 0 Å². The van der Waals surface area contributed by atoms with Crippen LogP contribution in [-0.4, -0.2) is 10.2 Å². The summed E-state index contributed by atoms with van der Waals surface area (Å²) >= 11 is 5.90. The van der Waals surface area contributed by atoms with Crippen LogP contribution in [0.4, 0.5) is 4.39 Å². The van der Waals surface area contributed by atoms with Crippen molar-refractivity contribution in [3.05, 3.63) is 95.1 Å². The Balaban J connectivity index is 1.61. The van der Waals surface area contributed by atoms with Crippen LogP contribution in [0.15, 0.2) is 77.2 Å². The second-order valence-electron chi connectivity index (χ2n) is 6.28. The summed E-state index contributed by atoms with van der Waals surface area (Å²) in [6.07, 6.45) is 0. The number of rotatable bonds is 4. The van der Waals surface area contributed by atoms with Gasteiger partial charge < -0.3 is 4.42 Å². The highest BCUT2D eigenvalue weighted by atomic mass is 35.5. The van der Waals surface area contributed by atoms with E-state index in [0.29, 0.717) is 22.4 Å². The van der Waals surface area contributed by atoms with Crippen molar-refractivity contribution in [3.63, 3.8) is 0 Å². The maximum atomic E-state index is 14.6. The van der Waals surface area contributed by atoms with Gasteiger partial charge in [-0.25, -0.2) is 4.39 Å². The van der Waals surface area contributed by atoms with Crippen molar-refractivity contribution in [1.29, 1.82) is 0 Å². The van der Waals surface area contributed by atoms with E-state index in [-0.39, 0.29) is 11.7 Å². The minimum atomic E-state index is -0.275. The molecule has 1 atom stereocenters. The van der Waals surface area contributed by atoms with Crippen molar-refractivity contribution in [2.45, 2.75) is 12.8 Å². The average Bonchev–Trinajstić information content (AvgIpc) is 3.19. The summed E-state index contributed by atoms with van der Waals surface area (Å²) in [6.45, 7) is 1.91. The van der Waals surface area contributed by atoms with Gasteiger partial charge in [0.05, 0.1) is 5.92 Å². The first-order valence-electron chi connectivity index (χ1n) is 8.56. The van der Waals surface area contributed by atoms with E-state index in [1.165, 1.54) is 6.07 Å². The zero-order chi connectivity index (χ0) is 18.8. The Morgan fingerprint density at radius 1 is 0.889 bits per heavy atom. The highest BCUT2D eigenvalue weighted by molar-refractivity contribution is 6.30. The van der Waals surface area contributed by atoms with Gasteiger partial charge in [-0.05, 0) is 48.4 Å². The van der Waals surface area contributed by atoms with Crippen molar-refractivity contribution in [2.75, 3.05) is 0 Å². The first-order valence-corrected chi connectivity index (χ1v) is 8.94. The molecule has 4 aromatic rings. The van der Waals surface area contributed by atoms with Crippen LogP contribution in [0.3, 0.4) is 0 Å². The average molecular weight is 379 g/mol. The van der Waals surface area contributed by atoms with Gasteiger partial charge in [0.25, 0.3) is 0 Å². The van der Waals surface area contributed by atoms with Crippen LogP contribution in [0.1, 0.15) is 24.3 Å². The minimum absolute atomic E-state index is 0.224. The van der Waals surface area contributed by atoms with Crippen molar-refractivity contribution in [2.24, 2.45) is 0 Å². The summed E-state index contributed by atoms with van der Waals surface area (Å²) in [5.41, 5.74) is 2.98. The molecule has 0 saturated heterocycles. The summed E-state index contributed by atoms with van der Waals surface area (Å²) in [4.78, 5) is 0. The van der Waals surface area contributed by atoms with Crippen LogP contribution >= 0.6 is 11.6 Å². The predicted molar refractivity (Wildman–Crippen MR) is 104 cm³/mol. The second kappa shape index (κ2) is 7.33. The Bertz CT molecular complexity index is 1060. The lowest BCUT2D eigenvalue weighted by atomic mass is 9.97. The smallest absolute Gasteiger partial charge is 0.247 e. The molecule has 1 unspecified atom stereocenters. The Hall–Kier alpha value is -2.98.